The van der Waals surface area contributed by atoms with Crippen molar-refractivity contribution in [3.63, 3.8) is 0 Å². The van der Waals surface area contributed by atoms with Crippen LogP contribution in [0.4, 0.5) is 0 Å². The zero-order valence-electron chi connectivity index (χ0n) is 7.81. The van der Waals surface area contributed by atoms with E-state index in [0.717, 1.165) is 17.3 Å². The van der Waals surface area contributed by atoms with E-state index in [9.17, 15) is 0 Å². The molecule has 0 aromatic heterocycles. The fourth-order valence-corrected chi connectivity index (χ4v) is 3.16. The van der Waals surface area contributed by atoms with Gasteiger partial charge in [0.15, 0.2) is 0 Å². The number of hydrogen-bond acceptors (Lipinski definition) is 1. The van der Waals surface area contributed by atoms with Crippen molar-refractivity contribution in [1.29, 1.82) is 0 Å². The largest absolute Gasteiger partial charge is 0.316 e. The third-order valence-electron chi connectivity index (χ3n) is 4.40. The summed E-state index contributed by atoms with van der Waals surface area (Å²) in [5, 5.41) is 3.60. The molecule has 0 aromatic carbocycles. The maximum absolute atomic E-state index is 3.60. The first-order valence-electron chi connectivity index (χ1n) is 5.60. The van der Waals surface area contributed by atoms with Gasteiger partial charge in [-0.05, 0) is 43.1 Å². The van der Waals surface area contributed by atoms with Crippen LogP contribution in [0, 0.1) is 17.3 Å². The standard InChI is InChI=1S/C11H19N/c1-4-11(5-1)8-12-7-10(11)6-9-2-3-9/h9-10,12H,1-8H2. The summed E-state index contributed by atoms with van der Waals surface area (Å²) < 4.78 is 0. The predicted octanol–water partition coefficient (Wildman–Crippen LogP) is 2.18. The molecule has 1 nitrogen and oxygen atoms in total. The van der Waals surface area contributed by atoms with Gasteiger partial charge in [-0.3, -0.25) is 0 Å². The van der Waals surface area contributed by atoms with E-state index >= 15 is 0 Å². The van der Waals surface area contributed by atoms with E-state index in [4.69, 9.17) is 0 Å². The number of rotatable bonds is 2. The molecule has 2 aliphatic carbocycles. The highest BCUT2D eigenvalue weighted by molar-refractivity contribution is 5.01. The van der Waals surface area contributed by atoms with Gasteiger partial charge >= 0.3 is 0 Å². The van der Waals surface area contributed by atoms with Crippen LogP contribution in [0.15, 0.2) is 0 Å². The first-order chi connectivity index (χ1) is 5.89. The molecule has 0 radical (unpaired) electrons. The van der Waals surface area contributed by atoms with Gasteiger partial charge in [0.25, 0.3) is 0 Å². The number of hydrogen-bond donors (Lipinski definition) is 1. The van der Waals surface area contributed by atoms with Crippen LogP contribution in [-0.4, -0.2) is 13.1 Å². The van der Waals surface area contributed by atoms with Crippen molar-refractivity contribution < 1.29 is 0 Å². The molecule has 3 aliphatic rings. The van der Waals surface area contributed by atoms with Crippen LogP contribution in [-0.2, 0) is 0 Å². The van der Waals surface area contributed by atoms with E-state index in [1.54, 1.807) is 6.42 Å². The molecule has 0 bridgehead atoms. The van der Waals surface area contributed by atoms with Crippen molar-refractivity contribution in [2.24, 2.45) is 17.3 Å². The minimum Gasteiger partial charge on any atom is -0.316 e. The van der Waals surface area contributed by atoms with E-state index in [2.05, 4.69) is 5.32 Å². The predicted molar refractivity (Wildman–Crippen MR) is 50.0 cm³/mol. The van der Waals surface area contributed by atoms with E-state index in [0.29, 0.717) is 0 Å². The second-order valence-electron chi connectivity index (χ2n) is 5.22. The lowest BCUT2D eigenvalue weighted by atomic mass is 9.62. The Morgan fingerprint density at radius 2 is 2.08 bits per heavy atom. The Labute approximate surface area is 74.9 Å². The zero-order valence-corrected chi connectivity index (χ0v) is 7.81. The van der Waals surface area contributed by atoms with Crippen molar-refractivity contribution in [2.75, 3.05) is 13.1 Å². The Bertz CT molecular complexity index is 179. The monoisotopic (exact) mass is 165 g/mol. The lowest BCUT2D eigenvalue weighted by Gasteiger charge is -2.43. The molecule has 1 unspecified atom stereocenters. The highest BCUT2D eigenvalue weighted by Crippen LogP contribution is 2.53. The minimum absolute atomic E-state index is 0.794. The van der Waals surface area contributed by atoms with Crippen LogP contribution in [0.25, 0.3) is 0 Å². The minimum atomic E-state index is 0.794. The zero-order chi connectivity index (χ0) is 8.02. The fourth-order valence-electron chi connectivity index (χ4n) is 3.16. The second kappa shape index (κ2) is 2.47. The van der Waals surface area contributed by atoms with Gasteiger partial charge in [0.1, 0.15) is 0 Å². The maximum Gasteiger partial charge on any atom is 0.00111 e. The first kappa shape index (κ1) is 7.37. The van der Waals surface area contributed by atoms with E-state index in [1.807, 2.05) is 0 Å². The lowest BCUT2D eigenvalue weighted by Crippen LogP contribution is -2.37. The molecular formula is C11H19N. The molecule has 1 heterocycles. The van der Waals surface area contributed by atoms with E-state index in [1.165, 1.54) is 45.2 Å². The smallest absolute Gasteiger partial charge is 0.00111 e. The SMILES string of the molecule is C1CC2(C1)CNCC2CC1CC1. The quantitative estimate of drug-likeness (QED) is 0.661. The first-order valence-corrected chi connectivity index (χ1v) is 5.60. The normalized spacial score (nSPS) is 38.5. The van der Waals surface area contributed by atoms with Gasteiger partial charge in [-0.15, -0.1) is 0 Å². The summed E-state index contributed by atoms with van der Waals surface area (Å²) in [5.74, 6) is 2.19. The molecule has 1 aliphatic heterocycles. The molecule has 1 heteroatoms. The Balaban J connectivity index is 1.66. The third kappa shape index (κ3) is 1.02. The maximum atomic E-state index is 3.60. The van der Waals surface area contributed by atoms with Gasteiger partial charge in [0, 0.05) is 6.54 Å². The van der Waals surface area contributed by atoms with Crippen LogP contribution < -0.4 is 5.32 Å². The van der Waals surface area contributed by atoms with Crippen molar-refractivity contribution in [3.8, 4) is 0 Å². The van der Waals surface area contributed by atoms with Gasteiger partial charge < -0.3 is 5.32 Å². The average molecular weight is 165 g/mol. The highest BCUT2D eigenvalue weighted by Gasteiger charge is 2.48. The molecule has 3 fully saturated rings. The van der Waals surface area contributed by atoms with Gasteiger partial charge in [-0.2, -0.15) is 0 Å². The molecular weight excluding hydrogens is 146 g/mol. The Morgan fingerprint density at radius 1 is 1.25 bits per heavy atom. The summed E-state index contributed by atoms with van der Waals surface area (Å²) in [6.07, 6.45) is 9.17. The van der Waals surface area contributed by atoms with E-state index < -0.39 is 0 Å². The molecule has 1 atom stereocenters. The highest BCUT2D eigenvalue weighted by atomic mass is 14.9. The molecule has 3 rings (SSSR count). The Morgan fingerprint density at radius 3 is 2.67 bits per heavy atom. The van der Waals surface area contributed by atoms with Crippen molar-refractivity contribution in [2.45, 2.75) is 38.5 Å². The van der Waals surface area contributed by atoms with Gasteiger partial charge in [0.2, 0.25) is 0 Å². The van der Waals surface area contributed by atoms with Crippen LogP contribution in [0.3, 0.4) is 0 Å². The summed E-state index contributed by atoms with van der Waals surface area (Å²) in [6, 6.07) is 0. The molecule has 2 saturated carbocycles. The Hall–Kier alpha value is -0.0400. The van der Waals surface area contributed by atoms with Crippen LogP contribution in [0.1, 0.15) is 38.5 Å². The summed E-state index contributed by atoms with van der Waals surface area (Å²) in [4.78, 5) is 0. The van der Waals surface area contributed by atoms with Crippen molar-refractivity contribution in [3.05, 3.63) is 0 Å². The average Bonchev–Trinajstić information content (AvgIpc) is 2.65. The molecule has 1 N–H and O–H groups in total. The van der Waals surface area contributed by atoms with Crippen molar-refractivity contribution in [1.82, 2.24) is 5.32 Å². The lowest BCUT2D eigenvalue weighted by molar-refractivity contribution is 0.0891. The molecule has 68 valence electrons. The van der Waals surface area contributed by atoms with Crippen LogP contribution in [0.2, 0.25) is 0 Å². The van der Waals surface area contributed by atoms with Gasteiger partial charge in [-0.25, -0.2) is 0 Å². The summed E-state index contributed by atoms with van der Waals surface area (Å²) in [5.41, 5.74) is 0.794. The summed E-state index contributed by atoms with van der Waals surface area (Å²) in [6.45, 7) is 2.67. The summed E-state index contributed by atoms with van der Waals surface area (Å²) >= 11 is 0. The molecule has 1 spiro atoms. The van der Waals surface area contributed by atoms with Crippen LogP contribution >= 0.6 is 0 Å². The fraction of sp³-hybridized carbons (Fsp3) is 1.00. The molecule has 12 heavy (non-hydrogen) atoms. The topological polar surface area (TPSA) is 12.0 Å². The van der Waals surface area contributed by atoms with E-state index in [-0.39, 0.29) is 0 Å². The summed E-state index contributed by atoms with van der Waals surface area (Å²) in [7, 11) is 0. The molecule has 0 aromatic rings. The van der Waals surface area contributed by atoms with Crippen molar-refractivity contribution >= 4 is 0 Å². The molecule has 0 amide bonds. The molecule has 1 saturated heterocycles. The second-order valence-corrected chi connectivity index (χ2v) is 5.22. The third-order valence-corrected chi connectivity index (χ3v) is 4.40. The van der Waals surface area contributed by atoms with Gasteiger partial charge in [-0.1, -0.05) is 19.3 Å². The number of nitrogens with one attached hydrogen (secondary N) is 1. The van der Waals surface area contributed by atoms with Gasteiger partial charge in [0.05, 0.1) is 0 Å². The van der Waals surface area contributed by atoms with Crippen LogP contribution in [0.5, 0.6) is 0 Å². The Kier molecular flexibility index (Phi) is 1.52.